The molecule has 1 aliphatic carbocycles. The summed E-state index contributed by atoms with van der Waals surface area (Å²) in [4.78, 5) is 0. The molecule has 1 unspecified atom stereocenters. The lowest BCUT2D eigenvalue weighted by Gasteiger charge is -2.22. The molecular weight excluding hydrogens is 336 g/mol. The zero-order chi connectivity index (χ0) is 13.2. The van der Waals surface area contributed by atoms with Crippen LogP contribution in [0.2, 0.25) is 0 Å². The Kier molecular flexibility index (Phi) is 4.82. The Labute approximate surface area is 120 Å². The first-order valence-corrected chi connectivity index (χ1v) is 9.15. The molecule has 0 spiro atoms. The molecular formula is C11H17BrN2O2S2. The van der Waals surface area contributed by atoms with Crippen molar-refractivity contribution >= 4 is 37.3 Å². The minimum atomic E-state index is -3.45. The fraction of sp³-hybridized carbons (Fsp3) is 0.636. The predicted molar refractivity (Wildman–Crippen MR) is 77.1 cm³/mol. The quantitative estimate of drug-likeness (QED) is 0.853. The summed E-state index contributed by atoms with van der Waals surface area (Å²) in [6.45, 7) is 0.354. The minimum absolute atomic E-state index is 0.147. The number of halogens is 1. The van der Waals surface area contributed by atoms with Crippen LogP contribution < -0.4 is 10.5 Å². The molecule has 1 fully saturated rings. The molecule has 1 heterocycles. The summed E-state index contributed by atoms with van der Waals surface area (Å²) in [5.41, 5.74) is 5.72. The van der Waals surface area contributed by atoms with E-state index in [0.29, 0.717) is 21.1 Å². The summed E-state index contributed by atoms with van der Waals surface area (Å²) in [5, 5.41) is 1.76. The van der Waals surface area contributed by atoms with Crippen molar-refractivity contribution in [3.8, 4) is 0 Å². The van der Waals surface area contributed by atoms with Gasteiger partial charge in [-0.3, -0.25) is 0 Å². The van der Waals surface area contributed by atoms with Crippen molar-refractivity contribution in [2.24, 2.45) is 11.7 Å². The molecule has 4 nitrogen and oxygen atoms in total. The zero-order valence-electron chi connectivity index (χ0n) is 9.93. The molecule has 0 radical (unpaired) electrons. The van der Waals surface area contributed by atoms with Crippen molar-refractivity contribution < 1.29 is 8.42 Å². The SMILES string of the molecule is NCC(NS(=O)(=O)c1sccc1Br)C1CCCC1. The average Bonchev–Trinajstić information content (AvgIpc) is 2.96. The fourth-order valence-electron chi connectivity index (χ4n) is 2.42. The first-order valence-electron chi connectivity index (χ1n) is 6.00. The van der Waals surface area contributed by atoms with Crippen LogP contribution in [0.5, 0.6) is 0 Å². The van der Waals surface area contributed by atoms with E-state index in [2.05, 4.69) is 20.7 Å². The molecule has 1 saturated carbocycles. The van der Waals surface area contributed by atoms with Crippen LogP contribution in [0.15, 0.2) is 20.1 Å². The second-order valence-corrected chi connectivity index (χ2v) is 8.24. The van der Waals surface area contributed by atoms with Crippen LogP contribution in [-0.4, -0.2) is 21.0 Å². The second kappa shape index (κ2) is 6.00. The van der Waals surface area contributed by atoms with E-state index in [1.807, 2.05) is 0 Å². The molecule has 102 valence electrons. The molecule has 1 aliphatic rings. The Morgan fingerprint density at radius 3 is 2.67 bits per heavy atom. The van der Waals surface area contributed by atoms with Crippen LogP contribution in [0.1, 0.15) is 25.7 Å². The first kappa shape index (κ1) is 14.5. The third kappa shape index (κ3) is 3.14. The molecule has 18 heavy (non-hydrogen) atoms. The Bertz CT molecular complexity index is 495. The topological polar surface area (TPSA) is 72.2 Å². The lowest BCUT2D eigenvalue weighted by Crippen LogP contribution is -2.44. The molecule has 1 aromatic rings. The van der Waals surface area contributed by atoms with E-state index in [9.17, 15) is 8.42 Å². The van der Waals surface area contributed by atoms with Gasteiger partial charge in [-0.25, -0.2) is 13.1 Å². The molecule has 1 aromatic heterocycles. The maximum atomic E-state index is 12.3. The molecule has 0 bridgehead atoms. The molecule has 3 N–H and O–H groups in total. The third-order valence-corrected chi connectivity index (χ3v) is 7.52. The van der Waals surface area contributed by atoms with Gasteiger partial charge in [0, 0.05) is 17.1 Å². The van der Waals surface area contributed by atoms with Crippen LogP contribution in [0, 0.1) is 5.92 Å². The Morgan fingerprint density at radius 2 is 2.17 bits per heavy atom. The van der Waals surface area contributed by atoms with Gasteiger partial charge in [-0.05, 0) is 46.1 Å². The van der Waals surface area contributed by atoms with Crippen molar-refractivity contribution in [3.63, 3.8) is 0 Å². The summed E-state index contributed by atoms with van der Waals surface area (Å²) >= 11 is 4.47. The lowest BCUT2D eigenvalue weighted by atomic mass is 9.99. The summed E-state index contributed by atoms with van der Waals surface area (Å²) in [5.74, 6) is 0.378. The second-order valence-electron chi connectivity index (χ2n) is 4.56. The van der Waals surface area contributed by atoms with E-state index in [0.717, 1.165) is 12.8 Å². The third-order valence-electron chi connectivity index (χ3n) is 3.36. The van der Waals surface area contributed by atoms with Crippen molar-refractivity contribution in [1.82, 2.24) is 4.72 Å². The van der Waals surface area contributed by atoms with Crippen molar-refractivity contribution in [2.75, 3.05) is 6.54 Å². The van der Waals surface area contributed by atoms with E-state index in [4.69, 9.17) is 5.73 Å². The molecule has 1 atom stereocenters. The summed E-state index contributed by atoms with van der Waals surface area (Å²) in [6, 6.07) is 1.60. The Balaban J connectivity index is 2.13. The number of nitrogens with two attached hydrogens (primary N) is 1. The van der Waals surface area contributed by atoms with Gasteiger partial charge in [-0.1, -0.05) is 12.8 Å². The van der Waals surface area contributed by atoms with Gasteiger partial charge < -0.3 is 5.73 Å². The van der Waals surface area contributed by atoms with Crippen molar-refractivity contribution in [3.05, 3.63) is 15.9 Å². The van der Waals surface area contributed by atoms with E-state index < -0.39 is 10.0 Å². The van der Waals surface area contributed by atoms with E-state index in [-0.39, 0.29) is 6.04 Å². The van der Waals surface area contributed by atoms with Gasteiger partial charge in [-0.2, -0.15) is 0 Å². The van der Waals surface area contributed by atoms with Crippen molar-refractivity contribution in [1.29, 1.82) is 0 Å². The van der Waals surface area contributed by atoms with Gasteiger partial charge in [0.1, 0.15) is 4.21 Å². The zero-order valence-corrected chi connectivity index (χ0v) is 13.2. The lowest BCUT2D eigenvalue weighted by molar-refractivity contribution is 0.406. The number of nitrogens with one attached hydrogen (secondary N) is 1. The van der Waals surface area contributed by atoms with Gasteiger partial charge in [0.15, 0.2) is 0 Å². The van der Waals surface area contributed by atoms with Crippen LogP contribution in [0.25, 0.3) is 0 Å². The average molecular weight is 353 g/mol. The van der Waals surface area contributed by atoms with Gasteiger partial charge in [-0.15, -0.1) is 11.3 Å². The minimum Gasteiger partial charge on any atom is -0.329 e. The van der Waals surface area contributed by atoms with Gasteiger partial charge in [0.05, 0.1) is 0 Å². The summed E-state index contributed by atoms with van der Waals surface area (Å²) in [7, 11) is -3.45. The van der Waals surface area contributed by atoms with Gasteiger partial charge in [0.25, 0.3) is 10.0 Å². The Morgan fingerprint density at radius 1 is 1.50 bits per heavy atom. The molecule has 0 saturated heterocycles. The number of hydrogen-bond donors (Lipinski definition) is 2. The number of sulfonamides is 1. The van der Waals surface area contributed by atoms with Crippen LogP contribution in [0.3, 0.4) is 0 Å². The van der Waals surface area contributed by atoms with Crippen LogP contribution in [-0.2, 0) is 10.0 Å². The van der Waals surface area contributed by atoms with Crippen LogP contribution >= 0.6 is 27.3 Å². The monoisotopic (exact) mass is 352 g/mol. The molecule has 0 aliphatic heterocycles. The highest BCUT2D eigenvalue weighted by molar-refractivity contribution is 9.10. The van der Waals surface area contributed by atoms with Crippen molar-refractivity contribution in [2.45, 2.75) is 35.9 Å². The first-order chi connectivity index (χ1) is 8.54. The van der Waals surface area contributed by atoms with E-state index >= 15 is 0 Å². The highest BCUT2D eigenvalue weighted by Crippen LogP contribution is 2.31. The molecule has 0 amide bonds. The highest BCUT2D eigenvalue weighted by atomic mass is 79.9. The maximum absolute atomic E-state index is 12.3. The van der Waals surface area contributed by atoms with Gasteiger partial charge in [0.2, 0.25) is 0 Å². The molecule has 2 rings (SSSR count). The standard InChI is InChI=1S/C11H17BrN2O2S2/c12-9-5-6-17-11(9)18(15,16)14-10(7-13)8-3-1-2-4-8/h5-6,8,10,14H,1-4,7,13H2. The largest absolute Gasteiger partial charge is 0.329 e. The number of thiophene rings is 1. The fourth-order valence-corrected chi connectivity index (χ4v) is 6.09. The van der Waals surface area contributed by atoms with E-state index in [1.54, 1.807) is 11.4 Å². The number of rotatable bonds is 5. The maximum Gasteiger partial charge on any atom is 0.251 e. The summed E-state index contributed by atoms with van der Waals surface area (Å²) in [6.07, 6.45) is 4.48. The Hall–Kier alpha value is 0.0500. The molecule has 0 aromatic carbocycles. The predicted octanol–water partition coefficient (Wildman–Crippen LogP) is 2.31. The summed E-state index contributed by atoms with van der Waals surface area (Å²) < 4.78 is 28.2. The van der Waals surface area contributed by atoms with Gasteiger partial charge >= 0.3 is 0 Å². The van der Waals surface area contributed by atoms with E-state index in [1.165, 1.54) is 24.2 Å². The normalized spacial score (nSPS) is 19.2. The molecule has 7 heteroatoms. The highest BCUT2D eigenvalue weighted by Gasteiger charge is 2.29. The smallest absolute Gasteiger partial charge is 0.251 e. The van der Waals surface area contributed by atoms with Crippen LogP contribution in [0.4, 0.5) is 0 Å². The number of hydrogen-bond acceptors (Lipinski definition) is 4.